The molecule has 2 atom stereocenters. The Morgan fingerprint density at radius 3 is 1.46 bits per heavy atom. The van der Waals surface area contributed by atoms with Crippen LogP contribution >= 0.6 is 0 Å². The molecule has 0 radical (unpaired) electrons. The van der Waals surface area contributed by atoms with Crippen molar-refractivity contribution in [1.82, 2.24) is 0 Å². The van der Waals surface area contributed by atoms with Crippen LogP contribution in [0.25, 0.3) is 0 Å². The van der Waals surface area contributed by atoms with E-state index in [2.05, 4.69) is 9.47 Å². The van der Waals surface area contributed by atoms with Gasteiger partial charge in [-0.25, -0.2) is 0 Å². The molecular formula is C9H14O4. The molecule has 1 rings (SSSR count). The molecule has 1 aliphatic carbocycles. The first-order chi connectivity index (χ1) is 6.03. The van der Waals surface area contributed by atoms with E-state index in [4.69, 9.17) is 0 Å². The molecule has 0 aromatic heterocycles. The molecular weight excluding hydrogens is 172 g/mol. The molecule has 0 amide bonds. The first-order valence-corrected chi connectivity index (χ1v) is 4.20. The van der Waals surface area contributed by atoms with Crippen molar-refractivity contribution in [2.24, 2.45) is 17.3 Å². The zero-order chi connectivity index (χ0) is 10.2. The Morgan fingerprint density at radius 1 is 1.00 bits per heavy atom. The number of hydrogen-bond acceptors (Lipinski definition) is 4. The summed E-state index contributed by atoms with van der Waals surface area (Å²) in [6.45, 7) is 3.69. The van der Waals surface area contributed by atoms with Gasteiger partial charge in [0, 0.05) is 0 Å². The van der Waals surface area contributed by atoms with Crippen molar-refractivity contribution < 1.29 is 19.1 Å². The smallest absolute Gasteiger partial charge is 0.323 e. The second-order valence-electron chi connectivity index (χ2n) is 3.43. The minimum Gasteiger partial charge on any atom is -0.468 e. The van der Waals surface area contributed by atoms with E-state index in [0.717, 1.165) is 0 Å². The molecule has 4 nitrogen and oxygen atoms in total. The molecule has 2 unspecified atom stereocenters. The van der Waals surface area contributed by atoms with Gasteiger partial charge < -0.3 is 9.47 Å². The number of esters is 2. The molecule has 0 N–H and O–H groups in total. The Hall–Kier alpha value is -1.06. The fraction of sp³-hybridized carbons (Fsp3) is 0.778. The number of carbonyl (C=O) groups excluding carboxylic acids is 2. The van der Waals surface area contributed by atoms with Crippen molar-refractivity contribution in [1.29, 1.82) is 0 Å². The largest absolute Gasteiger partial charge is 0.468 e. The summed E-state index contributed by atoms with van der Waals surface area (Å²) in [5.41, 5.74) is -1.04. The van der Waals surface area contributed by atoms with Gasteiger partial charge in [0.05, 0.1) is 14.2 Å². The van der Waals surface area contributed by atoms with E-state index in [9.17, 15) is 9.59 Å². The van der Waals surface area contributed by atoms with Crippen LogP contribution in [0.15, 0.2) is 0 Å². The van der Waals surface area contributed by atoms with Crippen LogP contribution in [0.1, 0.15) is 13.8 Å². The average Bonchev–Trinajstić information content (AvgIpc) is 2.69. The highest BCUT2D eigenvalue weighted by Crippen LogP contribution is 2.59. The standard InChI is InChI=1S/C9H14O4/c1-5-6(2)9(5,7(10)12-3)8(11)13-4/h5-6H,1-4H3. The van der Waals surface area contributed by atoms with E-state index in [1.54, 1.807) is 0 Å². The topological polar surface area (TPSA) is 52.6 Å². The molecule has 0 aliphatic heterocycles. The van der Waals surface area contributed by atoms with E-state index in [0.29, 0.717) is 0 Å². The van der Waals surface area contributed by atoms with Gasteiger partial charge in [-0.15, -0.1) is 0 Å². The van der Waals surface area contributed by atoms with Crippen LogP contribution in [0, 0.1) is 17.3 Å². The molecule has 0 bridgehead atoms. The molecule has 0 spiro atoms. The highest BCUT2D eigenvalue weighted by Gasteiger charge is 2.72. The molecule has 0 heterocycles. The summed E-state index contributed by atoms with van der Waals surface area (Å²) in [6.07, 6.45) is 0. The van der Waals surface area contributed by atoms with Gasteiger partial charge >= 0.3 is 11.9 Å². The van der Waals surface area contributed by atoms with Crippen molar-refractivity contribution >= 4 is 11.9 Å². The molecule has 74 valence electrons. The van der Waals surface area contributed by atoms with Gasteiger partial charge in [0.15, 0.2) is 5.41 Å². The van der Waals surface area contributed by atoms with Gasteiger partial charge in [0.2, 0.25) is 0 Å². The third-order valence-corrected chi connectivity index (χ3v) is 3.12. The summed E-state index contributed by atoms with van der Waals surface area (Å²) in [6, 6.07) is 0. The van der Waals surface area contributed by atoms with Crippen LogP contribution < -0.4 is 0 Å². The van der Waals surface area contributed by atoms with Crippen LogP contribution in [-0.4, -0.2) is 26.2 Å². The molecule has 0 saturated heterocycles. The lowest BCUT2D eigenvalue weighted by molar-refractivity contribution is -0.162. The van der Waals surface area contributed by atoms with Crippen LogP contribution in [0.2, 0.25) is 0 Å². The monoisotopic (exact) mass is 186 g/mol. The second-order valence-corrected chi connectivity index (χ2v) is 3.43. The van der Waals surface area contributed by atoms with Crippen molar-refractivity contribution in [2.45, 2.75) is 13.8 Å². The molecule has 1 fully saturated rings. The molecule has 13 heavy (non-hydrogen) atoms. The summed E-state index contributed by atoms with van der Waals surface area (Å²) in [5, 5.41) is 0. The van der Waals surface area contributed by atoms with Gasteiger partial charge in [0.25, 0.3) is 0 Å². The maximum absolute atomic E-state index is 11.4. The highest BCUT2D eigenvalue weighted by atomic mass is 16.5. The fourth-order valence-corrected chi connectivity index (χ4v) is 1.94. The summed E-state index contributed by atoms with van der Waals surface area (Å²) in [5.74, 6) is -0.960. The Labute approximate surface area is 77.2 Å². The fourth-order valence-electron chi connectivity index (χ4n) is 1.94. The maximum atomic E-state index is 11.4. The normalized spacial score (nSPS) is 29.2. The summed E-state index contributed by atoms with van der Waals surface area (Å²) >= 11 is 0. The van der Waals surface area contributed by atoms with E-state index in [-0.39, 0.29) is 11.8 Å². The Kier molecular flexibility index (Phi) is 2.32. The molecule has 1 saturated carbocycles. The SMILES string of the molecule is COC(=O)C1(C(=O)OC)C(C)C1C. The van der Waals surface area contributed by atoms with Crippen LogP contribution in [0.4, 0.5) is 0 Å². The van der Waals surface area contributed by atoms with Gasteiger partial charge in [-0.2, -0.15) is 0 Å². The summed E-state index contributed by atoms with van der Waals surface area (Å²) in [7, 11) is 2.57. The third-order valence-electron chi connectivity index (χ3n) is 3.12. The number of methoxy groups -OCH3 is 2. The lowest BCUT2D eigenvalue weighted by Crippen LogP contribution is -2.31. The Bertz CT molecular complexity index is 220. The second kappa shape index (κ2) is 3.01. The average molecular weight is 186 g/mol. The van der Waals surface area contributed by atoms with Gasteiger partial charge in [-0.05, 0) is 11.8 Å². The van der Waals surface area contributed by atoms with Crippen LogP contribution in [0.3, 0.4) is 0 Å². The van der Waals surface area contributed by atoms with E-state index < -0.39 is 17.4 Å². The number of hydrogen-bond donors (Lipinski definition) is 0. The molecule has 4 heteroatoms. The van der Waals surface area contributed by atoms with Crippen molar-refractivity contribution in [2.75, 3.05) is 14.2 Å². The first kappa shape index (κ1) is 10.0. The lowest BCUT2D eigenvalue weighted by Gasteiger charge is -2.11. The maximum Gasteiger partial charge on any atom is 0.323 e. The molecule has 0 aromatic rings. The van der Waals surface area contributed by atoms with Crippen molar-refractivity contribution in [3.63, 3.8) is 0 Å². The minimum atomic E-state index is -1.04. The zero-order valence-corrected chi connectivity index (χ0v) is 8.29. The third kappa shape index (κ3) is 1.04. The van der Waals surface area contributed by atoms with Crippen molar-refractivity contribution in [3.05, 3.63) is 0 Å². The minimum absolute atomic E-state index is 0.00685. The molecule has 1 aliphatic rings. The van der Waals surface area contributed by atoms with Gasteiger partial charge in [0.1, 0.15) is 0 Å². The highest BCUT2D eigenvalue weighted by molar-refractivity contribution is 6.04. The van der Waals surface area contributed by atoms with Crippen molar-refractivity contribution in [3.8, 4) is 0 Å². The quantitative estimate of drug-likeness (QED) is 0.468. The zero-order valence-electron chi connectivity index (χ0n) is 8.29. The van der Waals surface area contributed by atoms with Crippen LogP contribution in [-0.2, 0) is 19.1 Å². The van der Waals surface area contributed by atoms with E-state index in [1.807, 2.05) is 13.8 Å². The predicted octanol–water partition coefficient (Wildman–Crippen LogP) is 0.605. The van der Waals surface area contributed by atoms with Gasteiger partial charge in [-0.1, -0.05) is 13.8 Å². The van der Waals surface area contributed by atoms with E-state index >= 15 is 0 Å². The predicted molar refractivity (Wildman–Crippen MR) is 44.8 cm³/mol. The summed E-state index contributed by atoms with van der Waals surface area (Å²) in [4.78, 5) is 22.8. The molecule has 0 aromatic carbocycles. The lowest BCUT2D eigenvalue weighted by atomic mass is 10.0. The van der Waals surface area contributed by atoms with E-state index in [1.165, 1.54) is 14.2 Å². The Balaban J connectivity index is 2.93. The summed E-state index contributed by atoms with van der Waals surface area (Å²) < 4.78 is 9.20. The number of carbonyl (C=O) groups is 2. The van der Waals surface area contributed by atoms with Crippen LogP contribution in [0.5, 0.6) is 0 Å². The number of ether oxygens (including phenoxy) is 2. The Morgan fingerprint density at radius 2 is 1.31 bits per heavy atom. The number of rotatable bonds is 2. The van der Waals surface area contributed by atoms with Gasteiger partial charge in [-0.3, -0.25) is 9.59 Å². The first-order valence-electron chi connectivity index (χ1n) is 4.20.